The molecule has 0 amide bonds. The lowest BCUT2D eigenvalue weighted by molar-refractivity contribution is -0.114. The highest BCUT2D eigenvalue weighted by Gasteiger charge is 2.36. The molecule has 0 radical (unpaired) electrons. The summed E-state index contributed by atoms with van der Waals surface area (Å²) in [6.45, 7) is 1.64. The van der Waals surface area contributed by atoms with E-state index in [4.69, 9.17) is 0 Å². The molecule has 2 rings (SSSR count). The third-order valence-electron chi connectivity index (χ3n) is 2.86. The van der Waals surface area contributed by atoms with E-state index in [0.717, 1.165) is 6.07 Å². The van der Waals surface area contributed by atoms with Crippen LogP contribution in [0.1, 0.15) is 28.4 Å². The van der Waals surface area contributed by atoms with Gasteiger partial charge in [-0.25, -0.2) is 0 Å². The summed E-state index contributed by atoms with van der Waals surface area (Å²) >= 11 is 0. The fraction of sp³-hybridized carbons (Fsp3) is 0.167. The van der Waals surface area contributed by atoms with Gasteiger partial charge in [0, 0.05) is 11.1 Å². The summed E-state index contributed by atoms with van der Waals surface area (Å²) in [6, 6.07) is 1.03. The third kappa shape index (κ3) is 1.35. The van der Waals surface area contributed by atoms with E-state index in [2.05, 4.69) is 0 Å². The van der Waals surface area contributed by atoms with Gasteiger partial charge in [0.15, 0.2) is 5.76 Å². The largest absolute Gasteiger partial charge is 0.508 e. The standard InChI is InChI=1S/C12H10O6/c1-2-4-6(13)3-5-7(8(4)14)10(16)12(18)11(17)9(5)15/h3,13-15,17H,2H2,1H3. The Morgan fingerprint density at radius 2 is 1.61 bits per heavy atom. The molecule has 1 aromatic rings. The van der Waals surface area contributed by atoms with E-state index in [1.807, 2.05) is 0 Å². The highest BCUT2D eigenvalue weighted by atomic mass is 16.3. The number of hydrogen-bond donors (Lipinski definition) is 4. The molecular weight excluding hydrogens is 240 g/mol. The van der Waals surface area contributed by atoms with Gasteiger partial charge in [-0.15, -0.1) is 0 Å². The number of carbonyl (C=O) groups is 2. The summed E-state index contributed by atoms with van der Waals surface area (Å²) in [4.78, 5) is 23.0. The SMILES string of the molecule is CCc1c(O)cc2c(c1O)C(=O)C(=O)C(O)=C2O. The molecule has 1 aliphatic rings. The first-order chi connectivity index (χ1) is 8.40. The quantitative estimate of drug-likeness (QED) is 0.557. The van der Waals surface area contributed by atoms with Gasteiger partial charge in [-0.1, -0.05) is 6.92 Å². The van der Waals surface area contributed by atoms with E-state index < -0.39 is 34.4 Å². The molecular formula is C12H10O6. The zero-order valence-corrected chi connectivity index (χ0v) is 9.39. The number of allylic oxidation sites excluding steroid dienone is 1. The number of ketones is 2. The smallest absolute Gasteiger partial charge is 0.271 e. The van der Waals surface area contributed by atoms with Crippen molar-refractivity contribution < 1.29 is 30.0 Å². The fourth-order valence-electron chi connectivity index (χ4n) is 1.92. The van der Waals surface area contributed by atoms with Crippen LogP contribution in [0.4, 0.5) is 0 Å². The normalized spacial score (nSPS) is 14.9. The predicted octanol–water partition coefficient (Wildman–Crippen LogP) is 1.21. The molecule has 6 heteroatoms. The summed E-state index contributed by atoms with van der Waals surface area (Å²) < 4.78 is 0. The Morgan fingerprint density at radius 1 is 1.00 bits per heavy atom. The molecule has 6 nitrogen and oxygen atoms in total. The minimum absolute atomic E-state index is 0.101. The summed E-state index contributed by atoms with van der Waals surface area (Å²) in [5.74, 6) is -5.20. The number of aliphatic hydroxyl groups excluding tert-OH is 2. The number of benzene rings is 1. The zero-order chi connectivity index (χ0) is 13.6. The summed E-state index contributed by atoms with van der Waals surface area (Å²) in [7, 11) is 0. The summed E-state index contributed by atoms with van der Waals surface area (Å²) in [6.07, 6.45) is 0.239. The van der Waals surface area contributed by atoms with Gasteiger partial charge in [0.2, 0.25) is 11.5 Å². The maximum atomic E-state index is 11.7. The molecule has 0 aromatic heterocycles. The molecule has 0 spiro atoms. The molecule has 0 fully saturated rings. The summed E-state index contributed by atoms with van der Waals surface area (Å²) in [5, 5.41) is 38.3. The van der Waals surface area contributed by atoms with Crippen LogP contribution < -0.4 is 0 Å². The molecule has 1 aromatic carbocycles. The second-order valence-corrected chi connectivity index (χ2v) is 3.85. The fourth-order valence-corrected chi connectivity index (χ4v) is 1.92. The van der Waals surface area contributed by atoms with Crippen molar-refractivity contribution in [1.82, 2.24) is 0 Å². The Morgan fingerprint density at radius 3 is 2.17 bits per heavy atom. The van der Waals surface area contributed by atoms with Crippen molar-refractivity contribution >= 4 is 17.3 Å². The van der Waals surface area contributed by atoms with E-state index in [0.29, 0.717) is 0 Å². The van der Waals surface area contributed by atoms with Crippen LogP contribution in [0.25, 0.3) is 5.76 Å². The number of aromatic hydroxyl groups is 2. The number of phenols is 2. The molecule has 18 heavy (non-hydrogen) atoms. The van der Waals surface area contributed by atoms with Gasteiger partial charge in [-0.2, -0.15) is 0 Å². The molecule has 0 saturated heterocycles. The van der Waals surface area contributed by atoms with Crippen molar-refractivity contribution in [2.24, 2.45) is 0 Å². The number of rotatable bonds is 1. The highest BCUT2D eigenvalue weighted by Crippen LogP contribution is 2.39. The number of fused-ring (bicyclic) bond motifs is 1. The zero-order valence-electron chi connectivity index (χ0n) is 9.39. The van der Waals surface area contributed by atoms with E-state index in [1.54, 1.807) is 6.92 Å². The van der Waals surface area contributed by atoms with E-state index in [-0.39, 0.29) is 23.3 Å². The molecule has 4 N–H and O–H groups in total. The van der Waals surface area contributed by atoms with E-state index >= 15 is 0 Å². The van der Waals surface area contributed by atoms with Crippen molar-refractivity contribution in [1.29, 1.82) is 0 Å². The van der Waals surface area contributed by atoms with Gasteiger partial charge in [-0.3, -0.25) is 9.59 Å². The van der Waals surface area contributed by atoms with Crippen LogP contribution in [0, 0.1) is 0 Å². The van der Waals surface area contributed by atoms with Crippen molar-refractivity contribution in [3.8, 4) is 11.5 Å². The Bertz CT molecular complexity index is 611. The molecule has 1 aliphatic carbocycles. The summed E-state index contributed by atoms with van der Waals surface area (Å²) in [5.41, 5.74) is -0.557. The second kappa shape index (κ2) is 3.76. The Balaban J connectivity index is 2.88. The lowest BCUT2D eigenvalue weighted by Crippen LogP contribution is -2.24. The van der Waals surface area contributed by atoms with Gasteiger partial charge in [0.1, 0.15) is 11.5 Å². The van der Waals surface area contributed by atoms with Crippen LogP contribution in [0.15, 0.2) is 11.8 Å². The Hall–Kier alpha value is -2.50. The van der Waals surface area contributed by atoms with Crippen LogP contribution in [-0.4, -0.2) is 32.0 Å². The van der Waals surface area contributed by atoms with Crippen molar-refractivity contribution in [2.75, 3.05) is 0 Å². The molecule has 0 unspecified atom stereocenters. The first-order valence-corrected chi connectivity index (χ1v) is 5.19. The van der Waals surface area contributed by atoms with Crippen molar-refractivity contribution in [3.05, 3.63) is 28.5 Å². The van der Waals surface area contributed by atoms with Gasteiger partial charge in [0.25, 0.3) is 5.78 Å². The first-order valence-electron chi connectivity index (χ1n) is 5.19. The minimum atomic E-state index is -1.29. The maximum absolute atomic E-state index is 11.7. The van der Waals surface area contributed by atoms with Crippen molar-refractivity contribution in [2.45, 2.75) is 13.3 Å². The van der Waals surface area contributed by atoms with Gasteiger partial charge >= 0.3 is 0 Å². The second-order valence-electron chi connectivity index (χ2n) is 3.85. The number of aliphatic hydroxyl groups is 2. The van der Waals surface area contributed by atoms with E-state index in [1.165, 1.54) is 0 Å². The number of hydrogen-bond acceptors (Lipinski definition) is 6. The highest BCUT2D eigenvalue weighted by molar-refractivity contribution is 6.52. The molecule has 0 aliphatic heterocycles. The Kier molecular flexibility index (Phi) is 2.50. The third-order valence-corrected chi connectivity index (χ3v) is 2.86. The van der Waals surface area contributed by atoms with Crippen LogP contribution >= 0.6 is 0 Å². The van der Waals surface area contributed by atoms with Crippen LogP contribution in [-0.2, 0) is 11.2 Å². The molecule has 0 heterocycles. The first kappa shape index (κ1) is 12.0. The van der Waals surface area contributed by atoms with Gasteiger partial charge in [-0.05, 0) is 12.5 Å². The van der Waals surface area contributed by atoms with Crippen LogP contribution in [0.5, 0.6) is 11.5 Å². The molecule has 0 saturated carbocycles. The molecule has 0 bridgehead atoms. The number of phenolic OH excluding ortho intramolecular Hbond substituents is 2. The number of carbonyl (C=O) groups excluding carboxylic acids is 2. The topological polar surface area (TPSA) is 115 Å². The van der Waals surface area contributed by atoms with Crippen LogP contribution in [0.3, 0.4) is 0 Å². The average Bonchev–Trinajstić information content (AvgIpc) is 2.33. The maximum Gasteiger partial charge on any atom is 0.271 e. The lowest BCUT2D eigenvalue weighted by Gasteiger charge is -2.18. The molecule has 0 atom stereocenters. The van der Waals surface area contributed by atoms with Crippen molar-refractivity contribution in [3.63, 3.8) is 0 Å². The lowest BCUT2D eigenvalue weighted by atomic mass is 9.89. The monoisotopic (exact) mass is 250 g/mol. The van der Waals surface area contributed by atoms with Gasteiger partial charge in [0.05, 0.1) is 5.56 Å². The Labute approximate surface area is 101 Å². The minimum Gasteiger partial charge on any atom is -0.508 e. The van der Waals surface area contributed by atoms with Gasteiger partial charge < -0.3 is 20.4 Å². The van der Waals surface area contributed by atoms with Crippen LogP contribution in [0.2, 0.25) is 0 Å². The van der Waals surface area contributed by atoms with E-state index in [9.17, 15) is 30.0 Å². The predicted molar refractivity (Wildman–Crippen MR) is 60.7 cm³/mol. The molecule has 94 valence electrons. The number of Topliss-reactive ketones (excluding diaryl/α,β-unsaturated/α-hetero) is 2. The average molecular weight is 250 g/mol.